The van der Waals surface area contributed by atoms with Gasteiger partial charge in [-0.25, -0.2) is 0 Å². The Labute approximate surface area is 119 Å². The average molecular weight is 269 g/mol. The van der Waals surface area contributed by atoms with Crippen LogP contribution in [-0.2, 0) is 4.79 Å². The highest BCUT2D eigenvalue weighted by Crippen LogP contribution is 2.10. The Balaban J connectivity index is 1.91. The molecule has 0 fully saturated rings. The standard InChI is InChI=1S/C16H19N3O/c1-12(15-10-6-7-11-17-15)18-13(2)16(20)19-14-8-4-3-5-9-14/h3-13,18H,1-2H3,(H,19,20)/t12-,13?/m1/s1. The Kier molecular flexibility index (Phi) is 4.85. The number of benzene rings is 1. The van der Waals surface area contributed by atoms with E-state index in [0.717, 1.165) is 11.4 Å². The zero-order chi connectivity index (χ0) is 14.4. The van der Waals surface area contributed by atoms with Crippen molar-refractivity contribution in [3.05, 3.63) is 60.4 Å². The topological polar surface area (TPSA) is 54.0 Å². The van der Waals surface area contributed by atoms with Crippen LogP contribution in [0, 0.1) is 0 Å². The molecule has 0 aliphatic heterocycles. The lowest BCUT2D eigenvalue weighted by Gasteiger charge is -2.19. The third-order valence-electron chi connectivity index (χ3n) is 3.07. The molecule has 2 rings (SSSR count). The molecule has 0 aliphatic carbocycles. The van der Waals surface area contributed by atoms with Crippen molar-refractivity contribution in [1.82, 2.24) is 10.3 Å². The zero-order valence-corrected chi connectivity index (χ0v) is 11.7. The Morgan fingerprint density at radius 2 is 1.75 bits per heavy atom. The van der Waals surface area contributed by atoms with Crippen LogP contribution in [0.1, 0.15) is 25.6 Å². The van der Waals surface area contributed by atoms with Gasteiger partial charge in [0.25, 0.3) is 0 Å². The molecule has 1 heterocycles. The van der Waals surface area contributed by atoms with Crippen LogP contribution in [-0.4, -0.2) is 16.9 Å². The molecule has 104 valence electrons. The SMILES string of the molecule is CC(N[C@H](C)c1ccccn1)C(=O)Nc1ccccc1. The number of rotatable bonds is 5. The summed E-state index contributed by atoms with van der Waals surface area (Å²) in [6, 6.07) is 14.9. The van der Waals surface area contributed by atoms with Crippen LogP contribution in [0.15, 0.2) is 54.7 Å². The molecule has 2 aromatic rings. The van der Waals surface area contributed by atoms with Crippen molar-refractivity contribution in [2.75, 3.05) is 5.32 Å². The van der Waals surface area contributed by atoms with Gasteiger partial charge in [-0.3, -0.25) is 15.1 Å². The van der Waals surface area contributed by atoms with Gasteiger partial charge in [0.15, 0.2) is 0 Å². The van der Waals surface area contributed by atoms with E-state index in [1.807, 2.05) is 62.4 Å². The fourth-order valence-corrected chi connectivity index (χ4v) is 1.94. The van der Waals surface area contributed by atoms with Crippen molar-refractivity contribution in [2.45, 2.75) is 25.9 Å². The van der Waals surface area contributed by atoms with Gasteiger partial charge in [0.2, 0.25) is 5.91 Å². The number of hydrogen-bond acceptors (Lipinski definition) is 3. The van der Waals surface area contributed by atoms with Crippen molar-refractivity contribution in [1.29, 1.82) is 0 Å². The quantitative estimate of drug-likeness (QED) is 0.877. The van der Waals surface area contributed by atoms with Gasteiger partial charge in [0.1, 0.15) is 0 Å². The maximum absolute atomic E-state index is 12.1. The molecule has 1 aromatic carbocycles. The fraction of sp³-hybridized carbons (Fsp3) is 0.250. The fourth-order valence-electron chi connectivity index (χ4n) is 1.94. The maximum Gasteiger partial charge on any atom is 0.241 e. The number of para-hydroxylation sites is 1. The van der Waals surface area contributed by atoms with Crippen LogP contribution in [0.5, 0.6) is 0 Å². The summed E-state index contributed by atoms with van der Waals surface area (Å²) in [6.45, 7) is 3.84. The molecule has 4 heteroatoms. The van der Waals surface area contributed by atoms with Crippen LogP contribution in [0.3, 0.4) is 0 Å². The summed E-state index contributed by atoms with van der Waals surface area (Å²) in [7, 11) is 0. The normalized spacial score (nSPS) is 13.5. The highest BCUT2D eigenvalue weighted by atomic mass is 16.2. The van der Waals surface area contributed by atoms with E-state index in [-0.39, 0.29) is 18.0 Å². The van der Waals surface area contributed by atoms with Crippen molar-refractivity contribution < 1.29 is 4.79 Å². The smallest absolute Gasteiger partial charge is 0.241 e. The van der Waals surface area contributed by atoms with Crippen LogP contribution in [0.4, 0.5) is 5.69 Å². The second kappa shape index (κ2) is 6.82. The summed E-state index contributed by atoms with van der Waals surface area (Å²) in [5.41, 5.74) is 1.73. The Hall–Kier alpha value is -2.20. The van der Waals surface area contributed by atoms with Gasteiger partial charge in [-0.05, 0) is 38.1 Å². The second-order valence-electron chi connectivity index (χ2n) is 4.72. The molecule has 0 saturated carbocycles. The van der Waals surface area contributed by atoms with E-state index in [1.54, 1.807) is 6.20 Å². The number of carbonyl (C=O) groups excluding carboxylic acids is 1. The van der Waals surface area contributed by atoms with E-state index in [2.05, 4.69) is 15.6 Å². The van der Waals surface area contributed by atoms with Gasteiger partial charge in [0, 0.05) is 17.9 Å². The number of pyridine rings is 1. The second-order valence-corrected chi connectivity index (χ2v) is 4.72. The van der Waals surface area contributed by atoms with Crippen LogP contribution < -0.4 is 10.6 Å². The summed E-state index contributed by atoms with van der Waals surface area (Å²) >= 11 is 0. The molecular weight excluding hydrogens is 250 g/mol. The van der Waals surface area contributed by atoms with E-state index in [1.165, 1.54) is 0 Å². The number of hydrogen-bond donors (Lipinski definition) is 2. The Morgan fingerprint density at radius 3 is 2.40 bits per heavy atom. The highest BCUT2D eigenvalue weighted by molar-refractivity contribution is 5.94. The maximum atomic E-state index is 12.1. The predicted molar refractivity (Wildman–Crippen MR) is 80.3 cm³/mol. The summed E-state index contributed by atoms with van der Waals surface area (Å²) in [6.07, 6.45) is 1.75. The number of anilines is 1. The Morgan fingerprint density at radius 1 is 1.05 bits per heavy atom. The zero-order valence-electron chi connectivity index (χ0n) is 11.7. The lowest BCUT2D eigenvalue weighted by atomic mass is 10.2. The van der Waals surface area contributed by atoms with Crippen LogP contribution in [0.25, 0.3) is 0 Å². The molecule has 1 unspecified atom stereocenters. The number of aromatic nitrogens is 1. The molecular formula is C16H19N3O. The largest absolute Gasteiger partial charge is 0.325 e. The third-order valence-corrected chi connectivity index (χ3v) is 3.07. The number of nitrogens with zero attached hydrogens (tertiary/aromatic N) is 1. The minimum atomic E-state index is -0.299. The monoisotopic (exact) mass is 269 g/mol. The van der Waals surface area contributed by atoms with Gasteiger partial charge < -0.3 is 5.32 Å². The van der Waals surface area contributed by atoms with Crippen molar-refractivity contribution >= 4 is 11.6 Å². The molecule has 0 radical (unpaired) electrons. The molecule has 20 heavy (non-hydrogen) atoms. The van der Waals surface area contributed by atoms with Crippen LogP contribution in [0.2, 0.25) is 0 Å². The summed E-state index contributed by atoms with van der Waals surface area (Å²) in [5.74, 6) is -0.0565. The average Bonchev–Trinajstić information content (AvgIpc) is 2.49. The molecule has 2 atom stereocenters. The third kappa shape index (κ3) is 3.90. The van der Waals surface area contributed by atoms with Gasteiger partial charge in [-0.15, -0.1) is 0 Å². The van der Waals surface area contributed by atoms with Crippen molar-refractivity contribution in [3.63, 3.8) is 0 Å². The van der Waals surface area contributed by atoms with E-state index >= 15 is 0 Å². The molecule has 0 bridgehead atoms. The predicted octanol–water partition coefficient (Wildman–Crippen LogP) is 2.76. The molecule has 0 saturated heterocycles. The van der Waals surface area contributed by atoms with E-state index < -0.39 is 0 Å². The summed E-state index contributed by atoms with van der Waals surface area (Å²) in [4.78, 5) is 16.4. The van der Waals surface area contributed by atoms with Crippen molar-refractivity contribution in [3.8, 4) is 0 Å². The van der Waals surface area contributed by atoms with Gasteiger partial charge >= 0.3 is 0 Å². The first kappa shape index (κ1) is 14.2. The van der Waals surface area contributed by atoms with Crippen LogP contribution >= 0.6 is 0 Å². The molecule has 1 amide bonds. The van der Waals surface area contributed by atoms with E-state index in [0.29, 0.717) is 0 Å². The number of carbonyl (C=O) groups is 1. The summed E-state index contributed by atoms with van der Waals surface area (Å²) in [5, 5.41) is 6.12. The molecule has 4 nitrogen and oxygen atoms in total. The lowest BCUT2D eigenvalue weighted by Crippen LogP contribution is -2.39. The highest BCUT2D eigenvalue weighted by Gasteiger charge is 2.16. The molecule has 2 N–H and O–H groups in total. The first-order chi connectivity index (χ1) is 9.66. The summed E-state index contributed by atoms with van der Waals surface area (Å²) < 4.78 is 0. The number of nitrogens with one attached hydrogen (secondary N) is 2. The first-order valence-corrected chi connectivity index (χ1v) is 6.69. The van der Waals surface area contributed by atoms with Gasteiger partial charge in [-0.2, -0.15) is 0 Å². The Bertz CT molecular complexity index is 542. The van der Waals surface area contributed by atoms with E-state index in [4.69, 9.17) is 0 Å². The van der Waals surface area contributed by atoms with Gasteiger partial charge in [-0.1, -0.05) is 24.3 Å². The van der Waals surface area contributed by atoms with Crippen molar-refractivity contribution in [2.24, 2.45) is 0 Å². The lowest BCUT2D eigenvalue weighted by molar-refractivity contribution is -0.117. The minimum absolute atomic E-state index is 0.0210. The van der Waals surface area contributed by atoms with Gasteiger partial charge in [0.05, 0.1) is 11.7 Å². The molecule has 0 spiro atoms. The molecule has 0 aliphatic rings. The first-order valence-electron chi connectivity index (χ1n) is 6.69. The van der Waals surface area contributed by atoms with E-state index in [9.17, 15) is 4.79 Å². The number of amides is 1. The minimum Gasteiger partial charge on any atom is -0.325 e. The molecule has 1 aromatic heterocycles.